The summed E-state index contributed by atoms with van der Waals surface area (Å²) in [5, 5.41) is 15.5. The van der Waals surface area contributed by atoms with Crippen LogP contribution in [0.2, 0.25) is 0 Å². The van der Waals surface area contributed by atoms with E-state index in [2.05, 4.69) is 10.3 Å². The monoisotopic (exact) mass is 231 g/mol. The first-order chi connectivity index (χ1) is 8.13. The standard InChI is InChI=1S/C12H13N3O2/c1-3-13-11-4-5-12(15(16)17)10-7-14-8(2)6-9(10)11/h4-7,13H,3H2,1-2H3. The maximum absolute atomic E-state index is 10.9. The summed E-state index contributed by atoms with van der Waals surface area (Å²) >= 11 is 0. The average Bonchev–Trinajstić information content (AvgIpc) is 2.29. The molecule has 5 heteroatoms. The summed E-state index contributed by atoms with van der Waals surface area (Å²) in [6.45, 7) is 4.63. The van der Waals surface area contributed by atoms with Crippen LogP contribution in [-0.2, 0) is 0 Å². The number of nitro groups is 1. The Balaban J connectivity index is 2.76. The van der Waals surface area contributed by atoms with Crippen LogP contribution in [0.5, 0.6) is 0 Å². The third-order valence-electron chi connectivity index (χ3n) is 2.58. The van der Waals surface area contributed by atoms with Crippen LogP contribution >= 0.6 is 0 Å². The zero-order valence-corrected chi connectivity index (χ0v) is 9.73. The number of fused-ring (bicyclic) bond motifs is 1. The van der Waals surface area contributed by atoms with Crippen LogP contribution in [0.3, 0.4) is 0 Å². The normalized spacial score (nSPS) is 10.5. The van der Waals surface area contributed by atoms with Gasteiger partial charge in [-0.2, -0.15) is 0 Å². The van der Waals surface area contributed by atoms with E-state index in [1.54, 1.807) is 12.3 Å². The molecule has 1 aromatic carbocycles. The highest BCUT2D eigenvalue weighted by Gasteiger charge is 2.14. The zero-order chi connectivity index (χ0) is 12.4. The molecular weight excluding hydrogens is 218 g/mol. The van der Waals surface area contributed by atoms with E-state index in [1.165, 1.54) is 6.07 Å². The molecule has 2 rings (SSSR count). The van der Waals surface area contributed by atoms with Crippen molar-refractivity contribution in [2.24, 2.45) is 0 Å². The Kier molecular flexibility index (Phi) is 2.91. The van der Waals surface area contributed by atoms with Gasteiger partial charge in [-0.1, -0.05) is 0 Å². The molecule has 0 saturated carbocycles. The maximum atomic E-state index is 10.9. The van der Waals surface area contributed by atoms with Crippen molar-refractivity contribution in [3.63, 3.8) is 0 Å². The number of nitro benzene ring substituents is 1. The minimum Gasteiger partial charge on any atom is -0.385 e. The van der Waals surface area contributed by atoms with E-state index in [-0.39, 0.29) is 10.6 Å². The summed E-state index contributed by atoms with van der Waals surface area (Å²) in [7, 11) is 0. The van der Waals surface area contributed by atoms with Crippen LogP contribution in [0.4, 0.5) is 11.4 Å². The first kappa shape index (κ1) is 11.3. The van der Waals surface area contributed by atoms with Gasteiger partial charge in [0.25, 0.3) is 5.69 Å². The van der Waals surface area contributed by atoms with E-state index in [4.69, 9.17) is 0 Å². The van der Waals surface area contributed by atoms with Crippen molar-refractivity contribution in [2.75, 3.05) is 11.9 Å². The molecule has 0 amide bonds. The number of hydrogen-bond donors (Lipinski definition) is 1. The van der Waals surface area contributed by atoms with Crippen molar-refractivity contribution in [3.8, 4) is 0 Å². The fourth-order valence-electron chi connectivity index (χ4n) is 1.83. The molecule has 0 radical (unpaired) electrons. The lowest BCUT2D eigenvalue weighted by Crippen LogP contribution is -1.99. The smallest absolute Gasteiger partial charge is 0.278 e. The molecule has 0 aliphatic carbocycles. The Morgan fingerprint density at radius 2 is 2.18 bits per heavy atom. The quantitative estimate of drug-likeness (QED) is 0.651. The number of benzene rings is 1. The number of nitrogens with zero attached hydrogens (tertiary/aromatic N) is 2. The Morgan fingerprint density at radius 3 is 2.82 bits per heavy atom. The molecule has 2 aromatic rings. The summed E-state index contributed by atoms with van der Waals surface area (Å²) in [5.41, 5.74) is 1.84. The molecule has 1 aromatic heterocycles. The molecule has 0 spiro atoms. The summed E-state index contributed by atoms with van der Waals surface area (Å²) in [6.07, 6.45) is 1.56. The summed E-state index contributed by atoms with van der Waals surface area (Å²) < 4.78 is 0. The van der Waals surface area contributed by atoms with E-state index in [0.29, 0.717) is 5.39 Å². The highest BCUT2D eigenvalue weighted by atomic mass is 16.6. The molecular formula is C12H13N3O2. The van der Waals surface area contributed by atoms with Gasteiger partial charge in [-0.25, -0.2) is 0 Å². The van der Waals surface area contributed by atoms with Gasteiger partial charge in [0.05, 0.1) is 10.3 Å². The topological polar surface area (TPSA) is 68.1 Å². The van der Waals surface area contributed by atoms with Gasteiger partial charge in [0.2, 0.25) is 0 Å². The van der Waals surface area contributed by atoms with Crippen LogP contribution < -0.4 is 5.32 Å². The molecule has 5 nitrogen and oxygen atoms in total. The van der Waals surface area contributed by atoms with E-state index in [0.717, 1.165) is 23.3 Å². The number of aromatic nitrogens is 1. The van der Waals surface area contributed by atoms with Gasteiger partial charge < -0.3 is 5.32 Å². The second-order valence-corrected chi connectivity index (χ2v) is 3.79. The molecule has 0 bridgehead atoms. The molecule has 1 N–H and O–H groups in total. The minimum absolute atomic E-state index is 0.0918. The van der Waals surface area contributed by atoms with E-state index in [9.17, 15) is 10.1 Å². The van der Waals surface area contributed by atoms with Crippen LogP contribution in [0.1, 0.15) is 12.6 Å². The second-order valence-electron chi connectivity index (χ2n) is 3.79. The van der Waals surface area contributed by atoms with Crippen molar-refractivity contribution in [2.45, 2.75) is 13.8 Å². The van der Waals surface area contributed by atoms with Gasteiger partial charge in [0.15, 0.2) is 0 Å². The van der Waals surface area contributed by atoms with Gasteiger partial charge in [-0.3, -0.25) is 15.1 Å². The lowest BCUT2D eigenvalue weighted by atomic mass is 10.1. The number of rotatable bonds is 3. The Hall–Kier alpha value is -2.17. The molecule has 0 atom stereocenters. The van der Waals surface area contributed by atoms with Crippen molar-refractivity contribution in [3.05, 3.63) is 40.2 Å². The Bertz CT molecular complexity index is 581. The van der Waals surface area contributed by atoms with Crippen molar-refractivity contribution in [1.82, 2.24) is 4.98 Å². The predicted octanol–water partition coefficient (Wildman–Crippen LogP) is 2.88. The lowest BCUT2D eigenvalue weighted by Gasteiger charge is -2.08. The maximum Gasteiger partial charge on any atom is 0.278 e. The Labute approximate surface area is 98.6 Å². The first-order valence-electron chi connectivity index (χ1n) is 5.41. The third-order valence-corrected chi connectivity index (χ3v) is 2.58. The summed E-state index contributed by atoms with van der Waals surface area (Å²) in [6, 6.07) is 5.11. The van der Waals surface area contributed by atoms with Gasteiger partial charge in [-0.15, -0.1) is 0 Å². The minimum atomic E-state index is -0.380. The average molecular weight is 231 g/mol. The van der Waals surface area contributed by atoms with Crippen LogP contribution in [0, 0.1) is 17.0 Å². The zero-order valence-electron chi connectivity index (χ0n) is 9.73. The van der Waals surface area contributed by atoms with Crippen molar-refractivity contribution >= 4 is 22.1 Å². The number of nitrogens with one attached hydrogen (secondary N) is 1. The lowest BCUT2D eigenvalue weighted by molar-refractivity contribution is -0.383. The van der Waals surface area contributed by atoms with Gasteiger partial charge >= 0.3 is 0 Å². The molecule has 0 aliphatic rings. The summed E-state index contributed by atoms with van der Waals surface area (Å²) in [4.78, 5) is 14.7. The molecule has 0 fully saturated rings. The molecule has 88 valence electrons. The SMILES string of the molecule is CCNc1ccc([N+](=O)[O-])c2cnc(C)cc12. The molecule has 1 heterocycles. The predicted molar refractivity (Wildman–Crippen MR) is 67.3 cm³/mol. The molecule has 17 heavy (non-hydrogen) atoms. The van der Waals surface area contributed by atoms with E-state index >= 15 is 0 Å². The van der Waals surface area contributed by atoms with Crippen LogP contribution in [0.15, 0.2) is 24.4 Å². The van der Waals surface area contributed by atoms with Gasteiger partial charge in [-0.05, 0) is 26.0 Å². The van der Waals surface area contributed by atoms with Gasteiger partial charge in [0, 0.05) is 35.6 Å². The fourth-order valence-corrected chi connectivity index (χ4v) is 1.83. The fraction of sp³-hybridized carbons (Fsp3) is 0.250. The number of non-ortho nitro benzene ring substituents is 1. The van der Waals surface area contributed by atoms with Crippen LogP contribution in [-0.4, -0.2) is 16.5 Å². The van der Waals surface area contributed by atoms with Crippen molar-refractivity contribution < 1.29 is 4.92 Å². The van der Waals surface area contributed by atoms with Gasteiger partial charge in [0.1, 0.15) is 0 Å². The third kappa shape index (κ3) is 2.04. The Morgan fingerprint density at radius 1 is 1.41 bits per heavy atom. The summed E-state index contributed by atoms with van der Waals surface area (Å²) in [5.74, 6) is 0. The highest BCUT2D eigenvalue weighted by Crippen LogP contribution is 2.31. The second kappa shape index (κ2) is 4.37. The number of hydrogen-bond acceptors (Lipinski definition) is 4. The number of anilines is 1. The van der Waals surface area contributed by atoms with Crippen molar-refractivity contribution in [1.29, 1.82) is 0 Å². The molecule has 0 aliphatic heterocycles. The van der Waals surface area contributed by atoms with E-state index in [1.807, 2.05) is 19.9 Å². The molecule has 0 saturated heterocycles. The number of pyridine rings is 1. The highest BCUT2D eigenvalue weighted by molar-refractivity contribution is 5.99. The number of aryl methyl sites for hydroxylation is 1. The van der Waals surface area contributed by atoms with E-state index < -0.39 is 0 Å². The first-order valence-corrected chi connectivity index (χ1v) is 5.41. The molecule has 0 unspecified atom stereocenters. The largest absolute Gasteiger partial charge is 0.385 e. The van der Waals surface area contributed by atoms with Crippen LogP contribution in [0.25, 0.3) is 10.8 Å².